The fourth-order valence-electron chi connectivity index (χ4n) is 2.73. The molecule has 0 spiro atoms. The number of aromatic nitrogens is 1. The molecule has 3 aromatic rings. The first-order valence-corrected chi connectivity index (χ1v) is 7.55. The lowest BCUT2D eigenvalue weighted by molar-refractivity contribution is 0.102. The number of benzene rings is 2. The Labute approximate surface area is 136 Å². The zero-order valence-corrected chi connectivity index (χ0v) is 13.2. The van der Waals surface area contributed by atoms with E-state index in [1.807, 2.05) is 30.3 Å². The molecule has 1 heterocycles. The number of anilines is 1. The van der Waals surface area contributed by atoms with Crippen LogP contribution in [0.25, 0.3) is 11.1 Å². The van der Waals surface area contributed by atoms with Crippen LogP contribution in [0.15, 0.2) is 66.9 Å². The Balaban J connectivity index is 2.01. The number of aryl methyl sites for hydroxylation is 2. The second-order valence-electron chi connectivity index (χ2n) is 5.48. The molecule has 23 heavy (non-hydrogen) atoms. The van der Waals surface area contributed by atoms with E-state index in [0.717, 1.165) is 16.8 Å². The topological polar surface area (TPSA) is 42.0 Å². The van der Waals surface area contributed by atoms with E-state index in [4.69, 9.17) is 0 Å². The van der Waals surface area contributed by atoms with Crippen molar-refractivity contribution in [1.82, 2.24) is 4.98 Å². The summed E-state index contributed by atoms with van der Waals surface area (Å²) in [5.41, 5.74) is 5.75. The van der Waals surface area contributed by atoms with Gasteiger partial charge in [0.15, 0.2) is 0 Å². The van der Waals surface area contributed by atoms with E-state index < -0.39 is 0 Å². The molecule has 0 aliphatic heterocycles. The Morgan fingerprint density at radius 2 is 1.57 bits per heavy atom. The van der Waals surface area contributed by atoms with Gasteiger partial charge in [-0.15, -0.1) is 0 Å². The second-order valence-corrected chi connectivity index (χ2v) is 5.48. The van der Waals surface area contributed by atoms with Crippen molar-refractivity contribution in [3.8, 4) is 11.1 Å². The first-order chi connectivity index (χ1) is 11.2. The third-order valence-corrected chi connectivity index (χ3v) is 3.82. The Morgan fingerprint density at radius 3 is 2.26 bits per heavy atom. The third-order valence-electron chi connectivity index (χ3n) is 3.82. The largest absolute Gasteiger partial charge is 0.320 e. The number of nitrogens with zero attached hydrogens (tertiary/aromatic N) is 1. The molecule has 0 saturated heterocycles. The molecular formula is C20H18N2O. The monoisotopic (exact) mass is 302 g/mol. The molecular weight excluding hydrogens is 284 g/mol. The van der Waals surface area contributed by atoms with Gasteiger partial charge in [-0.05, 0) is 48.7 Å². The first-order valence-electron chi connectivity index (χ1n) is 7.55. The number of carbonyl (C=O) groups is 1. The van der Waals surface area contributed by atoms with Gasteiger partial charge in [0.25, 0.3) is 5.91 Å². The number of pyridine rings is 1. The number of carbonyl (C=O) groups excluding carboxylic acids is 1. The van der Waals surface area contributed by atoms with Crippen LogP contribution in [0.5, 0.6) is 0 Å². The van der Waals surface area contributed by atoms with Crippen LogP contribution >= 0.6 is 0 Å². The van der Waals surface area contributed by atoms with Gasteiger partial charge in [0, 0.05) is 17.4 Å². The van der Waals surface area contributed by atoms with Crippen LogP contribution in [-0.2, 0) is 0 Å². The van der Waals surface area contributed by atoms with Crippen molar-refractivity contribution in [3.63, 3.8) is 0 Å². The minimum absolute atomic E-state index is 0.204. The van der Waals surface area contributed by atoms with Gasteiger partial charge in [-0.25, -0.2) is 0 Å². The third kappa shape index (κ3) is 3.14. The average molecular weight is 302 g/mol. The van der Waals surface area contributed by atoms with E-state index in [1.165, 1.54) is 11.1 Å². The fraction of sp³-hybridized carbons (Fsp3) is 0.100. The van der Waals surface area contributed by atoms with Crippen molar-refractivity contribution >= 4 is 11.6 Å². The van der Waals surface area contributed by atoms with Crippen LogP contribution in [-0.4, -0.2) is 10.9 Å². The summed E-state index contributed by atoms with van der Waals surface area (Å²) in [5, 5.41) is 2.98. The van der Waals surface area contributed by atoms with Crippen molar-refractivity contribution in [2.45, 2.75) is 13.8 Å². The van der Waals surface area contributed by atoms with E-state index in [-0.39, 0.29) is 5.91 Å². The van der Waals surface area contributed by atoms with E-state index >= 15 is 0 Å². The first kappa shape index (κ1) is 15.0. The van der Waals surface area contributed by atoms with Crippen molar-refractivity contribution in [1.29, 1.82) is 0 Å². The van der Waals surface area contributed by atoms with E-state index in [9.17, 15) is 4.79 Å². The zero-order chi connectivity index (χ0) is 16.2. The van der Waals surface area contributed by atoms with Crippen LogP contribution in [0.2, 0.25) is 0 Å². The summed E-state index contributed by atoms with van der Waals surface area (Å²) < 4.78 is 0. The van der Waals surface area contributed by atoms with Crippen LogP contribution < -0.4 is 5.32 Å². The number of hydrogen-bond donors (Lipinski definition) is 1. The molecule has 1 N–H and O–H groups in total. The molecule has 1 amide bonds. The van der Waals surface area contributed by atoms with Crippen LogP contribution in [0.1, 0.15) is 21.6 Å². The predicted octanol–water partition coefficient (Wildman–Crippen LogP) is 4.62. The second kappa shape index (κ2) is 6.44. The normalized spacial score (nSPS) is 10.3. The maximum absolute atomic E-state index is 12.4. The van der Waals surface area contributed by atoms with Gasteiger partial charge in [-0.1, -0.05) is 42.5 Å². The highest BCUT2D eigenvalue weighted by molar-refractivity contribution is 6.05. The molecule has 0 unspecified atom stereocenters. The number of nitrogens with one attached hydrogen (secondary N) is 1. The smallest absolute Gasteiger partial charge is 0.274 e. The minimum atomic E-state index is -0.204. The molecule has 1 aromatic heterocycles. The van der Waals surface area contributed by atoms with Gasteiger partial charge in [0.1, 0.15) is 5.69 Å². The van der Waals surface area contributed by atoms with Crippen LogP contribution in [0.4, 0.5) is 5.69 Å². The maximum atomic E-state index is 12.4. The van der Waals surface area contributed by atoms with Gasteiger partial charge in [-0.3, -0.25) is 9.78 Å². The quantitative estimate of drug-likeness (QED) is 0.767. The minimum Gasteiger partial charge on any atom is -0.320 e. The predicted molar refractivity (Wildman–Crippen MR) is 93.5 cm³/mol. The molecule has 0 atom stereocenters. The molecule has 114 valence electrons. The zero-order valence-electron chi connectivity index (χ0n) is 13.2. The van der Waals surface area contributed by atoms with E-state index in [2.05, 4.69) is 36.3 Å². The summed E-state index contributed by atoms with van der Waals surface area (Å²) >= 11 is 0. The lowest BCUT2D eigenvalue weighted by Gasteiger charge is -2.15. The van der Waals surface area contributed by atoms with Crippen molar-refractivity contribution in [2.24, 2.45) is 0 Å². The summed E-state index contributed by atoms with van der Waals surface area (Å²) in [6, 6.07) is 19.4. The number of hydrogen-bond acceptors (Lipinski definition) is 2. The van der Waals surface area contributed by atoms with Gasteiger partial charge in [0.2, 0.25) is 0 Å². The molecule has 3 nitrogen and oxygen atoms in total. The molecule has 0 saturated carbocycles. The molecule has 0 bridgehead atoms. The molecule has 3 rings (SSSR count). The Kier molecular flexibility index (Phi) is 4.20. The Morgan fingerprint density at radius 1 is 0.870 bits per heavy atom. The number of rotatable bonds is 3. The SMILES string of the molecule is Cc1cccc(C)c1-c1ccccc1NC(=O)c1ccccn1. The highest BCUT2D eigenvalue weighted by atomic mass is 16.1. The summed E-state index contributed by atoms with van der Waals surface area (Å²) in [4.78, 5) is 16.5. The van der Waals surface area contributed by atoms with Gasteiger partial charge < -0.3 is 5.32 Å². The Hall–Kier alpha value is -2.94. The highest BCUT2D eigenvalue weighted by Gasteiger charge is 2.13. The van der Waals surface area contributed by atoms with Crippen molar-refractivity contribution in [2.75, 3.05) is 5.32 Å². The molecule has 0 fully saturated rings. The number of amides is 1. The summed E-state index contributed by atoms with van der Waals surface area (Å²) in [5.74, 6) is -0.204. The average Bonchev–Trinajstić information content (AvgIpc) is 2.57. The standard InChI is InChI=1S/C20H18N2O/c1-14-8-7-9-15(2)19(14)16-10-3-4-11-17(16)22-20(23)18-12-5-6-13-21-18/h3-13H,1-2H3,(H,22,23). The summed E-state index contributed by atoms with van der Waals surface area (Å²) in [7, 11) is 0. The van der Waals surface area contributed by atoms with Gasteiger partial charge >= 0.3 is 0 Å². The van der Waals surface area contributed by atoms with Crippen LogP contribution in [0.3, 0.4) is 0 Å². The molecule has 0 aliphatic carbocycles. The highest BCUT2D eigenvalue weighted by Crippen LogP contribution is 2.33. The fourth-order valence-corrected chi connectivity index (χ4v) is 2.73. The van der Waals surface area contributed by atoms with E-state index in [0.29, 0.717) is 5.69 Å². The molecule has 3 heteroatoms. The van der Waals surface area contributed by atoms with Crippen molar-refractivity contribution < 1.29 is 4.79 Å². The summed E-state index contributed by atoms with van der Waals surface area (Å²) in [6.45, 7) is 4.17. The van der Waals surface area contributed by atoms with Gasteiger partial charge in [-0.2, -0.15) is 0 Å². The van der Waals surface area contributed by atoms with Crippen molar-refractivity contribution in [3.05, 3.63) is 83.7 Å². The molecule has 2 aromatic carbocycles. The van der Waals surface area contributed by atoms with Gasteiger partial charge in [0.05, 0.1) is 0 Å². The number of para-hydroxylation sites is 1. The van der Waals surface area contributed by atoms with E-state index in [1.54, 1.807) is 24.4 Å². The lowest BCUT2D eigenvalue weighted by atomic mass is 9.94. The lowest BCUT2D eigenvalue weighted by Crippen LogP contribution is -2.14. The Bertz CT molecular complexity index is 821. The molecule has 0 aliphatic rings. The molecule has 0 radical (unpaired) electrons. The van der Waals surface area contributed by atoms with Crippen LogP contribution in [0, 0.1) is 13.8 Å². The summed E-state index contributed by atoms with van der Waals surface area (Å²) in [6.07, 6.45) is 1.62. The maximum Gasteiger partial charge on any atom is 0.274 e.